The van der Waals surface area contributed by atoms with E-state index in [2.05, 4.69) is 10.3 Å². The van der Waals surface area contributed by atoms with Gasteiger partial charge in [-0.15, -0.1) is 0 Å². The van der Waals surface area contributed by atoms with E-state index >= 15 is 0 Å². The number of aromatic carboxylic acids is 1. The fourth-order valence-electron chi connectivity index (χ4n) is 1.02. The molecule has 0 fully saturated rings. The fraction of sp³-hybridized carbons (Fsp3) is 0.400. The largest absolute Gasteiger partial charge is 0.477 e. The maximum absolute atomic E-state index is 12.3. The van der Waals surface area contributed by atoms with E-state index in [4.69, 9.17) is 10.2 Å². The van der Waals surface area contributed by atoms with Gasteiger partial charge in [-0.1, -0.05) is 6.07 Å². The van der Waals surface area contributed by atoms with Crippen molar-refractivity contribution in [1.29, 1.82) is 0 Å². The second kappa shape index (κ2) is 4.81. The Labute approximate surface area is 100 Å². The van der Waals surface area contributed by atoms with E-state index < -0.39 is 24.3 Å². The van der Waals surface area contributed by atoms with Gasteiger partial charge in [0.25, 0.3) is 0 Å². The minimum atomic E-state index is -4.79. The number of alkyl halides is 3. The molecular weight excluding hydrogens is 253 g/mol. The Hall–Kier alpha value is -1.83. The molecule has 0 aromatic carbocycles. The average Bonchev–Trinajstić information content (AvgIpc) is 2.25. The van der Waals surface area contributed by atoms with E-state index in [1.807, 2.05) is 0 Å². The van der Waals surface area contributed by atoms with Gasteiger partial charge in [0.1, 0.15) is 5.82 Å². The summed E-state index contributed by atoms with van der Waals surface area (Å²) in [6.07, 6.45) is -4.79. The summed E-state index contributed by atoms with van der Waals surface area (Å²) < 4.78 is 37.0. The van der Waals surface area contributed by atoms with E-state index in [1.165, 1.54) is 18.2 Å². The third kappa shape index (κ3) is 3.33. The first-order valence-electron chi connectivity index (χ1n) is 4.87. The van der Waals surface area contributed by atoms with Crippen LogP contribution in [-0.2, 0) is 0 Å². The Bertz CT molecular complexity index is 446. The van der Waals surface area contributed by atoms with Gasteiger partial charge >= 0.3 is 12.1 Å². The summed E-state index contributed by atoms with van der Waals surface area (Å²) in [7, 11) is 0. The van der Waals surface area contributed by atoms with Crippen molar-refractivity contribution in [3.8, 4) is 0 Å². The zero-order valence-electron chi connectivity index (χ0n) is 9.32. The van der Waals surface area contributed by atoms with E-state index in [9.17, 15) is 18.0 Å². The molecule has 1 aromatic rings. The topological polar surface area (TPSA) is 82.5 Å². The highest BCUT2D eigenvalue weighted by Gasteiger charge is 2.49. The molecule has 1 atom stereocenters. The van der Waals surface area contributed by atoms with Crippen LogP contribution in [0.1, 0.15) is 17.4 Å². The molecule has 0 radical (unpaired) electrons. The number of carboxylic acids is 1. The van der Waals surface area contributed by atoms with Crippen LogP contribution in [0, 0.1) is 0 Å². The molecule has 100 valence electrons. The molecule has 0 bridgehead atoms. The molecule has 8 heteroatoms. The van der Waals surface area contributed by atoms with Crippen LogP contribution in [0.4, 0.5) is 19.0 Å². The van der Waals surface area contributed by atoms with Crippen molar-refractivity contribution in [2.24, 2.45) is 0 Å². The Morgan fingerprint density at radius 2 is 2.06 bits per heavy atom. The lowest BCUT2D eigenvalue weighted by Gasteiger charge is -2.26. The lowest BCUT2D eigenvalue weighted by Crippen LogP contribution is -2.47. The van der Waals surface area contributed by atoms with Crippen LogP contribution >= 0.6 is 0 Å². The van der Waals surface area contributed by atoms with Gasteiger partial charge < -0.3 is 15.5 Å². The number of carboxylic acid groups (broad SMARTS) is 1. The number of nitrogens with zero attached hydrogens (tertiary/aromatic N) is 1. The summed E-state index contributed by atoms with van der Waals surface area (Å²) in [5, 5.41) is 20.0. The summed E-state index contributed by atoms with van der Waals surface area (Å²) in [6, 6.07) is 3.84. The molecule has 0 saturated carbocycles. The minimum Gasteiger partial charge on any atom is -0.477 e. The van der Waals surface area contributed by atoms with Crippen LogP contribution in [-0.4, -0.2) is 39.5 Å². The molecule has 1 unspecified atom stereocenters. The van der Waals surface area contributed by atoms with Crippen molar-refractivity contribution in [3.05, 3.63) is 23.9 Å². The van der Waals surface area contributed by atoms with Gasteiger partial charge in [-0.2, -0.15) is 13.2 Å². The minimum absolute atomic E-state index is 0.0561. The highest BCUT2D eigenvalue weighted by Crippen LogP contribution is 2.29. The lowest BCUT2D eigenvalue weighted by atomic mass is 10.1. The Balaban J connectivity index is 2.75. The summed E-state index contributed by atoms with van der Waals surface area (Å²) in [5.41, 5.74) is -3.22. The second-order valence-electron chi connectivity index (χ2n) is 3.84. The highest BCUT2D eigenvalue weighted by atomic mass is 19.4. The molecule has 3 N–H and O–H groups in total. The highest BCUT2D eigenvalue weighted by molar-refractivity contribution is 5.85. The fourth-order valence-corrected chi connectivity index (χ4v) is 1.02. The Morgan fingerprint density at radius 3 is 2.56 bits per heavy atom. The summed E-state index contributed by atoms with van der Waals surface area (Å²) in [4.78, 5) is 14.2. The molecule has 0 saturated heterocycles. The number of halogens is 3. The number of aromatic nitrogens is 1. The Kier molecular flexibility index (Phi) is 3.80. The quantitative estimate of drug-likeness (QED) is 0.767. The molecule has 0 aliphatic heterocycles. The zero-order chi connectivity index (χ0) is 14.0. The first-order valence-corrected chi connectivity index (χ1v) is 4.87. The average molecular weight is 264 g/mol. The maximum Gasteiger partial charge on any atom is 0.418 e. The molecule has 1 rings (SSSR count). The molecular formula is C10H11F3N2O3. The van der Waals surface area contributed by atoms with Gasteiger partial charge in [-0.25, -0.2) is 9.78 Å². The van der Waals surface area contributed by atoms with Crippen molar-refractivity contribution < 1.29 is 28.2 Å². The van der Waals surface area contributed by atoms with Crippen LogP contribution in [0.5, 0.6) is 0 Å². The molecule has 18 heavy (non-hydrogen) atoms. The van der Waals surface area contributed by atoms with Gasteiger partial charge in [0.15, 0.2) is 11.3 Å². The van der Waals surface area contributed by atoms with Crippen molar-refractivity contribution in [2.45, 2.75) is 18.7 Å². The second-order valence-corrected chi connectivity index (χ2v) is 3.84. The van der Waals surface area contributed by atoms with Crippen LogP contribution in [0.25, 0.3) is 0 Å². The third-order valence-electron chi connectivity index (χ3n) is 2.19. The molecule has 0 spiro atoms. The number of carbonyl (C=O) groups is 1. The number of hydrogen-bond donors (Lipinski definition) is 3. The standard InChI is InChI=1S/C10H11F3N2O3/c1-9(18,10(11,12)13)5-14-7-4-2-3-6(15-7)8(16)17/h2-4,18H,5H2,1H3,(H,14,15)(H,16,17). The van der Waals surface area contributed by atoms with Gasteiger partial charge in [-0.3, -0.25) is 0 Å². The van der Waals surface area contributed by atoms with E-state index in [0.29, 0.717) is 6.92 Å². The van der Waals surface area contributed by atoms with E-state index in [0.717, 1.165) is 0 Å². The van der Waals surface area contributed by atoms with E-state index in [-0.39, 0.29) is 11.5 Å². The first kappa shape index (κ1) is 14.2. The van der Waals surface area contributed by atoms with Gasteiger partial charge in [0.05, 0.1) is 6.54 Å². The Morgan fingerprint density at radius 1 is 1.44 bits per heavy atom. The number of nitrogens with one attached hydrogen (secondary N) is 1. The van der Waals surface area contributed by atoms with Gasteiger partial charge in [0.2, 0.25) is 0 Å². The summed E-state index contributed by atoms with van der Waals surface area (Å²) >= 11 is 0. The summed E-state index contributed by atoms with van der Waals surface area (Å²) in [6.45, 7) is -0.215. The molecule has 0 amide bonds. The van der Waals surface area contributed by atoms with Gasteiger partial charge in [0, 0.05) is 0 Å². The zero-order valence-corrected chi connectivity index (χ0v) is 9.32. The predicted molar refractivity (Wildman–Crippen MR) is 56.4 cm³/mol. The van der Waals surface area contributed by atoms with Crippen molar-refractivity contribution in [1.82, 2.24) is 4.98 Å². The van der Waals surface area contributed by atoms with Crippen molar-refractivity contribution in [2.75, 3.05) is 11.9 Å². The SMILES string of the molecule is CC(O)(CNc1cccc(C(=O)O)n1)C(F)(F)F. The predicted octanol–water partition coefficient (Wildman–Crippen LogP) is 1.51. The molecule has 1 heterocycles. The number of rotatable bonds is 4. The maximum atomic E-state index is 12.3. The third-order valence-corrected chi connectivity index (χ3v) is 2.19. The van der Waals surface area contributed by atoms with E-state index in [1.54, 1.807) is 0 Å². The smallest absolute Gasteiger partial charge is 0.418 e. The summed E-state index contributed by atoms with van der Waals surface area (Å²) in [5.74, 6) is -1.35. The van der Waals surface area contributed by atoms with Crippen LogP contribution in [0.15, 0.2) is 18.2 Å². The molecule has 5 nitrogen and oxygen atoms in total. The monoisotopic (exact) mass is 264 g/mol. The number of pyridine rings is 1. The van der Waals surface area contributed by atoms with Crippen molar-refractivity contribution in [3.63, 3.8) is 0 Å². The van der Waals surface area contributed by atoms with Crippen LogP contribution in [0.3, 0.4) is 0 Å². The molecule has 1 aromatic heterocycles. The van der Waals surface area contributed by atoms with Crippen LogP contribution < -0.4 is 5.32 Å². The number of aliphatic hydroxyl groups is 1. The number of hydrogen-bond acceptors (Lipinski definition) is 4. The van der Waals surface area contributed by atoms with Gasteiger partial charge in [-0.05, 0) is 19.1 Å². The molecule has 0 aliphatic rings. The number of anilines is 1. The normalized spacial score (nSPS) is 14.9. The lowest BCUT2D eigenvalue weighted by molar-refractivity contribution is -0.246. The van der Waals surface area contributed by atoms with Crippen molar-refractivity contribution >= 4 is 11.8 Å². The van der Waals surface area contributed by atoms with Crippen LogP contribution in [0.2, 0.25) is 0 Å². The molecule has 0 aliphatic carbocycles. The first-order chi connectivity index (χ1) is 8.13.